The summed E-state index contributed by atoms with van der Waals surface area (Å²) in [5, 5.41) is 4.68. The molecule has 1 aliphatic rings. The lowest BCUT2D eigenvalue weighted by atomic mass is 10.2. The average molecular weight is 301 g/mol. The standard InChI is InChI=1S/C17H23N3S/c1-13-17(21-14(2)19-13)11-18-16-7-5-6-15(10-16)12-20-8-3-4-9-20/h5-7,10,18H,3-4,8-9,11-12H2,1-2H3. The van der Waals surface area contributed by atoms with Crippen molar-refractivity contribution in [3.63, 3.8) is 0 Å². The van der Waals surface area contributed by atoms with Crippen LogP contribution in [0.1, 0.15) is 34.0 Å². The van der Waals surface area contributed by atoms with Crippen molar-refractivity contribution in [3.05, 3.63) is 45.4 Å². The Bertz CT molecular complexity index is 600. The van der Waals surface area contributed by atoms with E-state index in [1.807, 2.05) is 0 Å². The van der Waals surface area contributed by atoms with Crippen LogP contribution in [0.3, 0.4) is 0 Å². The van der Waals surface area contributed by atoms with Gasteiger partial charge in [0.15, 0.2) is 0 Å². The molecule has 112 valence electrons. The molecule has 1 N–H and O–H groups in total. The molecule has 0 bridgehead atoms. The highest BCUT2D eigenvalue weighted by Crippen LogP contribution is 2.20. The molecule has 2 aromatic rings. The predicted octanol–water partition coefficient (Wildman–Crippen LogP) is 3.97. The van der Waals surface area contributed by atoms with E-state index in [1.54, 1.807) is 11.3 Å². The van der Waals surface area contributed by atoms with Crippen LogP contribution in [0.2, 0.25) is 0 Å². The second-order valence-electron chi connectivity index (χ2n) is 5.78. The zero-order valence-corrected chi connectivity index (χ0v) is 13.7. The van der Waals surface area contributed by atoms with E-state index < -0.39 is 0 Å². The first kappa shape index (κ1) is 14.5. The Balaban J connectivity index is 1.61. The normalized spacial score (nSPS) is 15.5. The fraction of sp³-hybridized carbons (Fsp3) is 0.471. The maximum atomic E-state index is 4.48. The first-order chi connectivity index (χ1) is 10.2. The number of rotatable bonds is 5. The first-order valence-corrected chi connectivity index (χ1v) is 8.50. The Hall–Kier alpha value is -1.39. The zero-order chi connectivity index (χ0) is 14.7. The van der Waals surface area contributed by atoms with Crippen LogP contribution < -0.4 is 5.32 Å². The van der Waals surface area contributed by atoms with E-state index in [2.05, 4.69) is 53.3 Å². The van der Waals surface area contributed by atoms with Crippen LogP contribution in [0.4, 0.5) is 5.69 Å². The zero-order valence-electron chi connectivity index (χ0n) is 12.9. The highest BCUT2D eigenvalue weighted by Gasteiger charge is 2.11. The van der Waals surface area contributed by atoms with Crippen LogP contribution in [-0.2, 0) is 13.1 Å². The monoisotopic (exact) mass is 301 g/mol. The van der Waals surface area contributed by atoms with Gasteiger partial charge in [-0.1, -0.05) is 12.1 Å². The predicted molar refractivity (Wildman–Crippen MR) is 89.9 cm³/mol. The van der Waals surface area contributed by atoms with Crippen LogP contribution in [0.25, 0.3) is 0 Å². The summed E-state index contributed by atoms with van der Waals surface area (Å²) < 4.78 is 0. The van der Waals surface area contributed by atoms with E-state index in [-0.39, 0.29) is 0 Å². The van der Waals surface area contributed by atoms with Gasteiger partial charge in [0.1, 0.15) is 0 Å². The van der Waals surface area contributed by atoms with Gasteiger partial charge in [-0.2, -0.15) is 0 Å². The van der Waals surface area contributed by atoms with Gasteiger partial charge in [0.25, 0.3) is 0 Å². The fourth-order valence-electron chi connectivity index (χ4n) is 2.90. The largest absolute Gasteiger partial charge is 0.380 e. The molecule has 1 aromatic carbocycles. The van der Waals surface area contributed by atoms with Gasteiger partial charge in [-0.3, -0.25) is 4.90 Å². The van der Waals surface area contributed by atoms with Gasteiger partial charge in [0.2, 0.25) is 0 Å². The maximum absolute atomic E-state index is 4.48. The molecule has 0 unspecified atom stereocenters. The molecule has 3 nitrogen and oxygen atoms in total. The first-order valence-electron chi connectivity index (χ1n) is 7.69. The van der Waals surface area contributed by atoms with Gasteiger partial charge in [-0.05, 0) is 57.5 Å². The van der Waals surface area contributed by atoms with Crippen molar-refractivity contribution in [2.24, 2.45) is 0 Å². The van der Waals surface area contributed by atoms with Crippen molar-refractivity contribution in [2.75, 3.05) is 18.4 Å². The number of likely N-dealkylation sites (tertiary alicyclic amines) is 1. The van der Waals surface area contributed by atoms with Gasteiger partial charge in [-0.25, -0.2) is 4.98 Å². The topological polar surface area (TPSA) is 28.2 Å². The second-order valence-corrected chi connectivity index (χ2v) is 7.07. The minimum absolute atomic E-state index is 0.866. The maximum Gasteiger partial charge on any atom is 0.0900 e. The van der Waals surface area contributed by atoms with Crippen molar-refractivity contribution in [3.8, 4) is 0 Å². The highest BCUT2D eigenvalue weighted by molar-refractivity contribution is 7.11. The Morgan fingerprint density at radius 1 is 1.24 bits per heavy atom. The fourth-order valence-corrected chi connectivity index (χ4v) is 3.78. The summed E-state index contributed by atoms with van der Waals surface area (Å²) in [7, 11) is 0. The van der Waals surface area contributed by atoms with Crippen LogP contribution in [0, 0.1) is 13.8 Å². The van der Waals surface area contributed by atoms with Crippen LogP contribution in [-0.4, -0.2) is 23.0 Å². The Morgan fingerprint density at radius 3 is 2.76 bits per heavy atom. The summed E-state index contributed by atoms with van der Waals surface area (Å²) in [6.07, 6.45) is 2.70. The van der Waals surface area contributed by atoms with E-state index in [4.69, 9.17) is 0 Å². The molecule has 0 spiro atoms. The van der Waals surface area contributed by atoms with E-state index in [9.17, 15) is 0 Å². The summed E-state index contributed by atoms with van der Waals surface area (Å²) in [4.78, 5) is 8.35. The molecular formula is C17H23N3S. The van der Waals surface area contributed by atoms with Crippen molar-refractivity contribution >= 4 is 17.0 Å². The lowest BCUT2D eigenvalue weighted by molar-refractivity contribution is 0.331. The van der Waals surface area contributed by atoms with Gasteiger partial charge >= 0.3 is 0 Å². The molecule has 1 saturated heterocycles. The Morgan fingerprint density at radius 2 is 2.05 bits per heavy atom. The SMILES string of the molecule is Cc1nc(C)c(CNc2cccc(CN3CCCC3)c2)s1. The molecule has 0 saturated carbocycles. The number of hydrogen-bond donors (Lipinski definition) is 1. The number of anilines is 1. The third-order valence-electron chi connectivity index (χ3n) is 3.98. The van der Waals surface area contributed by atoms with Gasteiger partial charge in [0.05, 0.1) is 17.2 Å². The molecule has 0 amide bonds. The second kappa shape index (κ2) is 6.58. The minimum atomic E-state index is 0.866. The number of nitrogens with one attached hydrogen (secondary N) is 1. The molecule has 4 heteroatoms. The molecular weight excluding hydrogens is 278 g/mol. The Kier molecular flexibility index (Phi) is 4.56. The molecule has 1 fully saturated rings. The summed E-state index contributed by atoms with van der Waals surface area (Å²) >= 11 is 1.78. The van der Waals surface area contributed by atoms with Crippen LogP contribution in [0.15, 0.2) is 24.3 Å². The number of aryl methyl sites for hydroxylation is 2. The van der Waals surface area contributed by atoms with Crippen LogP contribution >= 0.6 is 11.3 Å². The number of aromatic nitrogens is 1. The lowest BCUT2D eigenvalue weighted by Gasteiger charge is -2.15. The van der Waals surface area contributed by atoms with Gasteiger partial charge < -0.3 is 5.32 Å². The average Bonchev–Trinajstić information content (AvgIpc) is 3.07. The summed E-state index contributed by atoms with van der Waals surface area (Å²) in [5.74, 6) is 0. The van der Waals surface area contributed by atoms with Gasteiger partial charge in [-0.15, -0.1) is 11.3 Å². The summed E-state index contributed by atoms with van der Waals surface area (Å²) in [6.45, 7) is 8.59. The summed E-state index contributed by atoms with van der Waals surface area (Å²) in [5.41, 5.74) is 3.76. The van der Waals surface area contributed by atoms with Gasteiger partial charge in [0, 0.05) is 17.1 Å². The van der Waals surface area contributed by atoms with Crippen molar-refractivity contribution in [1.82, 2.24) is 9.88 Å². The molecule has 3 rings (SSSR count). The third-order valence-corrected chi connectivity index (χ3v) is 5.06. The smallest absolute Gasteiger partial charge is 0.0900 e. The number of hydrogen-bond acceptors (Lipinski definition) is 4. The Labute approximate surface area is 131 Å². The van der Waals surface area contributed by atoms with E-state index >= 15 is 0 Å². The number of benzene rings is 1. The van der Waals surface area contributed by atoms with E-state index in [0.717, 1.165) is 23.8 Å². The molecule has 0 radical (unpaired) electrons. The molecule has 0 atom stereocenters. The van der Waals surface area contributed by atoms with E-state index in [0.29, 0.717) is 0 Å². The van der Waals surface area contributed by atoms with E-state index in [1.165, 1.54) is 42.1 Å². The molecule has 0 aliphatic carbocycles. The highest BCUT2D eigenvalue weighted by atomic mass is 32.1. The van der Waals surface area contributed by atoms with Crippen molar-refractivity contribution in [2.45, 2.75) is 39.8 Å². The summed E-state index contributed by atoms with van der Waals surface area (Å²) in [6, 6.07) is 8.81. The number of thiazole rings is 1. The lowest BCUT2D eigenvalue weighted by Crippen LogP contribution is -2.18. The third kappa shape index (κ3) is 3.83. The molecule has 1 aromatic heterocycles. The molecule has 1 aliphatic heterocycles. The minimum Gasteiger partial charge on any atom is -0.380 e. The molecule has 2 heterocycles. The van der Waals surface area contributed by atoms with Crippen molar-refractivity contribution < 1.29 is 0 Å². The quantitative estimate of drug-likeness (QED) is 0.906. The van der Waals surface area contributed by atoms with Crippen LogP contribution in [0.5, 0.6) is 0 Å². The van der Waals surface area contributed by atoms with Crippen molar-refractivity contribution in [1.29, 1.82) is 0 Å². The molecule has 21 heavy (non-hydrogen) atoms. The number of nitrogens with zero attached hydrogens (tertiary/aromatic N) is 2.